The van der Waals surface area contributed by atoms with Crippen molar-refractivity contribution in [3.05, 3.63) is 29.8 Å². The molecule has 1 saturated heterocycles. The second-order valence-electron chi connectivity index (χ2n) is 5.40. The van der Waals surface area contributed by atoms with Crippen molar-refractivity contribution in [2.24, 2.45) is 0 Å². The molecule has 1 aliphatic heterocycles. The van der Waals surface area contributed by atoms with Crippen LogP contribution in [-0.2, 0) is 0 Å². The van der Waals surface area contributed by atoms with Gasteiger partial charge in [0.15, 0.2) is 0 Å². The number of likely N-dealkylation sites (tertiary alicyclic amines) is 1. The number of benzene rings is 1. The molecule has 1 aromatic carbocycles. The standard InChI is InChI=1S/C16H20N2O3/c1-11-4-3-5-13-14(20-2)8-15(17-16(11)13)21-7-6-18-9-12(19)10-18/h3-5,8,12,19H,6-7,9-10H2,1-2H3. The summed E-state index contributed by atoms with van der Waals surface area (Å²) >= 11 is 0. The quantitative estimate of drug-likeness (QED) is 0.906. The highest BCUT2D eigenvalue weighted by atomic mass is 16.5. The minimum atomic E-state index is -0.175. The molecule has 1 aliphatic rings. The van der Waals surface area contributed by atoms with Gasteiger partial charge in [-0.2, -0.15) is 0 Å². The summed E-state index contributed by atoms with van der Waals surface area (Å²) in [6.45, 7) is 4.85. The Labute approximate surface area is 124 Å². The lowest BCUT2D eigenvalue weighted by Crippen LogP contribution is -2.51. The number of ether oxygens (including phenoxy) is 2. The highest BCUT2D eigenvalue weighted by Crippen LogP contribution is 2.30. The highest BCUT2D eigenvalue weighted by Gasteiger charge is 2.23. The number of β-amino-alcohol motifs (C(OH)–C–C–N with tert-alkyl or cyclic N) is 1. The lowest BCUT2D eigenvalue weighted by Gasteiger charge is -2.35. The van der Waals surface area contributed by atoms with Crippen LogP contribution in [0.15, 0.2) is 24.3 Å². The molecule has 2 heterocycles. The smallest absolute Gasteiger partial charge is 0.217 e. The number of hydrogen-bond acceptors (Lipinski definition) is 5. The Bertz CT molecular complexity index is 639. The Morgan fingerprint density at radius 3 is 2.90 bits per heavy atom. The van der Waals surface area contributed by atoms with Crippen molar-refractivity contribution in [2.45, 2.75) is 13.0 Å². The van der Waals surface area contributed by atoms with E-state index in [1.807, 2.05) is 31.2 Å². The second kappa shape index (κ2) is 5.87. The summed E-state index contributed by atoms with van der Waals surface area (Å²) in [6.07, 6.45) is -0.175. The number of rotatable bonds is 5. The summed E-state index contributed by atoms with van der Waals surface area (Å²) in [6, 6.07) is 7.85. The Hall–Kier alpha value is -1.85. The number of aliphatic hydroxyl groups is 1. The Morgan fingerprint density at radius 2 is 2.19 bits per heavy atom. The fraction of sp³-hybridized carbons (Fsp3) is 0.438. The molecule has 5 heteroatoms. The molecule has 5 nitrogen and oxygen atoms in total. The van der Waals surface area contributed by atoms with Crippen LogP contribution in [0.1, 0.15) is 5.56 Å². The summed E-state index contributed by atoms with van der Waals surface area (Å²) in [5.74, 6) is 1.35. The van der Waals surface area contributed by atoms with E-state index < -0.39 is 0 Å². The molecule has 0 saturated carbocycles. The van der Waals surface area contributed by atoms with E-state index in [-0.39, 0.29) is 6.10 Å². The maximum Gasteiger partial charge on any atom is 0.217 e. The Balaban J connectivity index is 1.74. The second-order valence-corrected chi connectivity index (χ2v) is 5.40. The fourth-order valence-electron chi connectivity index (χ4n) is 2.59. The highest BCUT2D eigenvalue weighted by molar-refractivity contribution is 5.88. The zero-order valence-corrected chi connectivity index (χ0v) is 12.4. The summed E-state index contributed by atoms with van der Waals surface area (Å²) in [4.78, 5) is 6.72. The average molecular weight is 288 g/mol. The number of fused-ring (bicyclic) bond motifs is 1. The number of methoxy groups -OCH3 is 1. The summed E-state index contributed by atoms with van der Waals surface area (Å²) in [5.41, 5.74) is 2.01. The first-order valence-corrected chi connectivity index (χ1v) is 7.15. The monoisotopic (exact) mass is 288 g/mol. The number of aryl methyl sites for hydroxylation is 1. The SMILES string of the molecule is COc1cc(OCCN2CC(O)C2)nc2c(C)cccc12. The molecular weight excluding hydrogens is 268 g/mol. The van der Waals surface area contributed by atoms with Gasteiger partial charge in [0.05, 0.1) is 18.7 Å². The fourth-order valence-corrected chi connectivity index (χ4v) is 2.59. The topological polar surface area (TPSA) is 54.8 Å². The van der Waals surface area contributed by atoms with Gasteiger partial charge >= 0.3 is 0 Å². The molecule has 21 heavy (non-hydrogen) atoms. The van der Waals surface area contributed by atoms with Gasteiger partial charge in [0.25, 0.3) is 0 Å². The van der Waals surface area contributed by atoms with Crippen LogP contribution in [0.2, 0.25) is 0 Å². The zero-order valence-electron chi connectivity index (χ0n) is 12.4. The van der Waals surface area contributed by atoms with Crippen LogP contribution >= 0.6 is 0 Å². The maximum absolute atomic E-state index is 9.24. The maximum atomic E-state index is 9.24. The normalized spacial score (nSPS) is 16.0. The van der Waals surface area contributed by atoms with Gasteiger partial charge in [-0.25, -0.2) is 4.98 Å². The van der Waals surface area contributed by atoms with Gasteiger partial charge in [-0.1, -0.05) is 12.1 Å². The molecule has 112 valence electrons. The Morgan fingerprint density at radius 1 is 1.38 bits per heavy atom. The number of para-hydroxylation sites is 1. The molecule has 1 aromatic heterocycles. The largest absolute Gasteiger partial charge is 0.496 e. The van der Waals surface area contributed by atoms with Gasteiger partial charge in [0.2, 0.25) is 5.88 Å². The number of hydrogen-bond donors (Lipinski definition) is 1. The minimum absolute atomic E-state index is 0.175. The lowest BCUT2D eigenvalue weighted by atomic mass is 10.1. The number of nitrogens with zero attached hydrogens (tertiary/aromatic N) is 2. The van der Waals surface area contributed by atoms with Crippen molar-refractivity contribution in [1.82, 2.24) is 9.88 Å². The van der Waals surface area contributed by atoms with Crippen LogP contribution in [0.4, 0.5) is 0 Å². The van der Waals surface area contributed by atoms with Gasteiger partial charge in [-0.3, -0.25) is 4.90 Å². The molecule has 2 aromatic rings. The molecule has 3 rings (SSSR count). The van der Waals surface area contributed by atoms with Crippen LogP contribution in [0.3, 0.4) is 0 Å². The van der Waals surface area contributed by atoms with Crippen molar-refractivity contribution < 1.29 is 14.6 Å². The van der Waals surface area contributed by atoms with Crippen LogP contribution in [0.5, 0.6) is 11.6 Å². The van der Waals surface area contributed by atoms with Gasteiger partial charge in [-0.15, -0.1) is 0 Å². The zero-order chi connectivity index (χ0) is 14.8. The van der Waals surface area contributed by atoms with Crippen molar-refractivity contribution in [2.75, 3.05) is 33.4 Å². The Kier molecular flexibility index (Phi) is 3.94. The van der Waals surface area contributed by atoms with E-state index in [1.54, 1.807) is 7.11 Å². The van der Waals surface area contributed by atoms with E-state index in [2.05, 4.69) is 9.88 Å². The van der Waals surface area contributed by atoms with Crippen LogP contribution in [0.25, 0.3) is 10.9 Å². The lowest BCUT2D eigenvalue weighted by molar-refractivity contribution is -0.00411. The van der Waals surface area contributed by atoms with Crippen molar-refractivity contribution >= 4 is 10.9 Å². The van der Waals surface area contributed by atoms with E-state index in [9.17, 15) is 5.11 Å². The van der Waals surface area contributed by atoms with Crippen molar-refractivity contribution in [3.63, 3.8) is 0 Å². The molecule has 0 aliphatic carbocycles. The molecular formula is C16H20N2O3. The predicted molar refractivity (Wildman–Crippen MR) is 81.0 cm³/mol. The first-order chi connectivity index (χ1) is 10.2. The van der Waals surface area contributed by atoms with E-state index in [4.69, 9.17) is 9.47 Å². The van der Waals surface area contributed by atoms with E-state index in [0.29, 0.717) is 12.5 Å². The summed E-state index contributed by atoms with van der Waals surface area (Å²) < 4.78 is 11.2. The summed E-state index contributed by atoms with van der Waals surface area (Å²) in [7, 11) is 1.66. The molecule has 1 N–H and O–H groups in total. The van der Waals surface area contributed by atoms with Gasteiger partial charge < -0.3 is 14.6 Å². The van der Waals surface area contributed by atoms with Crippen molar-refractivity contribution in [3.8, 4) is 11.6 Å². The average Bonchev–Trinajstić information content (AvgIpc) is 2.45. The molecule has 0 unspecified atom stereocenters. The predicted octanol–water partition coefficient (Wildman–Crippen LogP) is 1.61. The van der Waals surface area contributed by atoms with Crippen LogP contribution in [-0.4, -0.2) is 54.4 Å². The van der Waals surface area contributed by atoms with Gasteiger partial charge in [-0.05, 0) is 18.6 Å². The summed E-state index contributed by atoms with van der Waals surface area (Å²) in [5, 5.41) is 10.2. The molecule has 1 fully saturated rings. The molecule has 0 spiro atoms. The van der Waals surface area contributed by atoms with Crippen molar-refractivity contribution in [1.29, 1.82) is 0 Å². The first-order valence-electron chi connectivity index (χ1n) is 7.15. The number of aromatic nitrogens is 1. The minimum Gasteiger partial charge on any atom is -0.496 e. The molecule has 0 atom stereocenters. The number of aliphatic hydroxyl groups excluding tert-OH is 1. The van der Waals surface area contributed by atoms with E-state index >= 15 is 0 Å². The first kappa shape index (κ1) is 14.1. The van der Waals surface area contributed by atoms with E-state index in [1.165, 1.54) is 0 Å². The molecule has 0 amide bonds. The third-order valence-electron chi connectivity index (χ3n) is 3.80. The van der Waals surface area contributed by atoms with E-state index in [0.717, 1.165) is 41.9 Å². The van der Waals surface area contributed by atoms with Crippen LogP contribution < -0.4 is 9.47 Å². The molecule has 0 radical (unpaired) electrons. The van der Waals surface area contributed by atoms with Crippen LogP contribution in [0, 0.1) is 6.92 Å². The third kappa shape index (κ3) is 2.94. The number of pyridine rings is 1. The van der Waals surface area contributed by atoms with Gasteiger partial charge in [0.1, 0.15) is 12.4 Å². The van der Waals surface area contributed by atoms with Gasteiger partial charge in [0, 0.05) is 31.1 Å². The third-order valence-corrected chi connectivity index (χ3v) is 3.80. The molecule has 0 bridgehead atoms.